The molecule has 4 nitrogen and oxygen atoms in total. The zero-order valence-electron chi connectivity index (χ0n) is 13.7. The molecule has 122 valence electrons. The van der Waals surface area contributed by atoms with E-state index in [9.17, 15) is 8.42 Å². The van der Waals surface area contributed by atoms with Crippen LogP contribution in [0.5, 0.6) is 0 Å². The maximum Gasteiger partial charge on any atom is 0.243 e. The van der Waals surface area contributed by atoms with Gasteiger partial charge in [0.05, 0.1) is 4.90 Å². The Morgan fingerprint density at radius 2 is 1.95 bits per heavy atom. The third-order valence-corrected chi connectivity index (χ3v) is 6.52. The van der Waals surface area contributed by atoms with Crippen molar-refractivity contribution in [2.45, 2.75) is 58.5 Å². The molecule has 1 aromatic rings. The van der Waals surface area contributed by atoms with Crippen LogP contribution >= 0.6 is 11.3 Å². The van der Waals surface area contributed by atoms with Crippen LogP contribution in [0.1, 0.15) is 45.9 Å². The lowest BCUT2D eigenvalue weighted by Crippen LogP contribution is -2.34. The van der Waals surface area contributed by atoms with Crippen molar-refractivity contribution >= 4 is 21.4 Å². The predicted molar refractivity (Wildman–Crippen MR) is 90.2 cm³/mol. The number of nitrogens with one attached hydrogen (secondary N) is 1. The summed E-state index contributed by atoms with van der Waals surface area (Å²) >= 11 is 1.50. The van der Waals surface area contributed by atoms with Crippen molar-refractivity contribution in [3.05, 3.63) is 16.3 Å². The highest BCUT2D eigenvalue weighted by molar-refractivity contribution is 7.89. The number of hydrogen-bond acceptors (Lipinski definition) is 4. The van der Waals surface area contributed by atoms with Gasteiger partial charge in [0.15, 0.2) is 0 Å². The van der Waals surface area contributed by atoms with Gasteiger partial charge in [-0.2, -0.15) is 4.31 Å². The van der Waals surface area contributed by atoms with Crippen LogP contribution in [-0.4, -0.2) is 31.9 Å². The molecule has 1 aromatic heterocycles. The third-order valence-electron chi connectivity index (χ3n) is 3.52. The molecule has 1 atom stereocenters. The molecule has 0 amide bonds. The Morgan fingerprint density at radius 1 is 1.29 bits per heavy atom. The molecule has 0 fully saturated rings. The molecule has 1 rings (SSSR count). The summed E-state index contributed by atoms with van der Waals surface area (Å²) in [5.74, 6) is 0.375. The summed E-state index contributed by atoms with van der Waals surface area (Å²) in [5.41, 5.74) is 0. The Balaban J connectivity index is 2.85. The quantitative estimate of drug-likeness (QED) is 0.755. The van der Waals surface area contributed by atoms with Gasteiger partial charge in [0.25, 0.3) is 0 Å². The average molecular weight is 333 g/mol. The van der Waals surface area contributed by atoms with E-state index >= 15 is 0 Å². The molecule has 0 aliphatic heterocycles. The highest BCUT2D eigenvalue weighted by Crippen LogP contribution is 2.23. The monoisotopic (exact) mass is 332 g/mol. The minimum atomic E-state index is -3.36. The van der Waals surface area contributed by atoms with E-state index in [0.29, 0.717) is 29.9 Å². The average Bonchev–Trinajstić information content (AvgIpc) is 2.91. The second-order valence-corrected chi connectivity index (χ2v) is 8.69. The van der Waals surface area contributed by atoms with Crippen LogP contribution in [0.2, 0.25) is 0 Å². The first-order chi connectivity index (χ1) is 9.81. The van der Waals surface area contributed by atoms with E-state index in [-0.39, 0.29) is 0 Å². The molecule has 0 aromatic carbocycles. The van der Waals surface area contributed by atoms with E-state index in [1.807, 2.05) is 6.92 Å². The smallest absolute Gasteiger partial charge is 0.243 e. The lowest BCUT2D eigenvalue weighted by Gasteiger charge is -2.22. The van der Waals surface area contributed by atoms with Gasteiger partial charge in [-0.25, -0.2) is 8.42 Å². The summed E-state index contributed by atoms with van der Waals surface area (Å²) in [7, 11) is -3.36. The molecule has 0 bridgehead atoms. The SMILES string of the molecule is CCC(C)CN(CC)S(=O)(=O)c1csc(CNC(C)C)c1. The van der Waals surface area contributed by atoms with E-state index in [2.05, 4.69) is 33.0 Å². The van der Waals surface area contributed by atoms with E-state index in [1.54, 1.807) is 15.8 Å². The molecule has 0 aliphatic rings. The lowest BCUT2D eigenvalue weighted by atomic mass is 10.1. The molecule has 0 saturated carbocycles. The van der Waals surface area contributed by atoms with Gasteiger partial charge >= 0.3 is 0 Å². The van der Waals surface area contributed by atoms with Crippen LogP contribution in [-0.2, 0) is 16.6 Å². The zero-order chi connectivity index (χ0) is 16.0. The van der Waals surface area contributed by atoms with Gasteiger partial charge in [-0.05, 0) is 12.0 Å². The van der Waals surface area contributed by atoms with Gasteiger partial charge in [0, 0.05) is 35.9 Å². The molecule has 1 heterocycles. The van der Waals surface area contributed by atoms with Crippen LogP contribution in [0, 0.1) is 5.92 Å². The maximum atomic E-state index is 12.7. The standard InChI is InChI=1S/C15H28N2O2S2/c1-6-13(5)10-17(7-2)21(18,19)15-8-14(20-11-15)9-16-12(3)4/h8,11-13,16H,6-7,9-10H2,1-5H3. The molecule has 0 radical (unpaired) electrons. The molecule has 21 heavy (non-hydrogen) atoms. The second kappa shape index (κ2) is 8.27. The van der Waals surface area contributed by atoms with Crippen molar-refractivity contribution in [3.8, 4) is 0 Å². The summed E-state index contributed by atoms with van der Waals surface area (Å²) in [6, 6.07) is 2.19. The predicted octanol–water partition coefficient (Wildman–Crippen LogP) is 3.30. The molecule has 1 unspecified atom stereocenters. The van der Waals surface area contributed by atoms with Crippen LogP contribution in [0.3, 0.4) is 0 Å². The van der Waals surface area contributed by atoms with Gasteiger partial charge in [0.1, 0.15) is 0 Å². The van der Waals surface area contributed by atoms with Gasteiger partial charge in [-0.15, -0.1) is 11.3 Å². The van der Waals surface area contributed by atoms with Gasteiger partial charge in [-0.1, -0.05) is 41.0 Å². The summed E-state index contributed by atoms with van der Waals surface area (Å²) in [6.07, 6.45) is 0.985. The molecule has 0 spiro atoms. The highest BCUT2D eigenvalue weighted by atomic mass is 32.2. The van der Waals surface area contributed by atoms with Crippen molar-refractivity contribution in [1.29, 1.82) is 0 Å². The Morgan fingerprint density at radius 3 is 2.48 bits per heavy atom. The molecule has 6 heteroatoms. The summed E-state index contributed by atoms with van der Waals surface area (Å²) in [6.45, 7) is 12.1. The van der Waals surface area contributed by atoms with Gasteiger partial charge in [0.2, 0.25) is 10.0 Å². The second-order valence-electron chi connectivity index (χ2n) is 5.75. The van der Waals surface area contributed by atoms with E-state index in [4.69, 9.17) is 0 Å². The summed E-state index contributed by atoms with van der Waals surface area (Å²) < 4.78 is 26.9. The van der Waals surface area contributed by atoms with Crippen LogP contribution in [0.25, 0.3) is 0 Å². The highest BCUT2D eigenvalue weighted by Gasteiger charge is 2.25. The number of rotatable bonds is 9. The van der Waals surface area contributed by atoms with Crippen molar-refractivity contribution in [3.63, 3.8) is 0 Å². The van der Waals surface area contributed by atoms with Crippen molar-refractivity contribution in [1.82, 2.24) is 9.62 Å². The van der Waals surface area contributed by atoms with Crippen molar-refractivity contribution in [2.75, 3.05) is 13.1 Å². The molecular formula is C15H28N2O2S2. The Kier molecular flexibility index (Phi) is 7.33. The van der Waals surface area contributed by atoms with E-state index in [0.717, 1.165) is 17.8 Å². The van der Waals surface area contributed by atoms with Gasteiger partial charge < -0.3 is 5.32 Å². The first kappa shape index (κ1) is 18.6. The zero-order valence-corrected chi connectivity index (χ0v) is 15.4. The first-order valence-electron chi connectivity index (χ1n) is 7.62. The summed E-state index contributed by atoms with van der Waals surface area (Å²) in [5, 5.41) is 5.07. The topological polar surface area (TPSA) is 49.4 Å². The largest absolute Gasteiger partial charge is 0.310 e. The number of sulfonamides is 1. The molecule has 1 N–H and O–H groups in total. The van der Waals surface area contributed by atoms with Crippen molar-refractivity contribution in [2.24, 2.45) is 5.92 Å². The minimum Gasteiger partial charge on any atom is -0.310 e. The fourth-order valence-electron chi connectivity index (χ4n) is 1.92. The summed E-state index contributed by atoms with van der Waals surface area (Å²) in [4.78, 5) is 1.49. The van der Waals surface area contributed by atoms with Crippen molar-refractivity contribution < 1.29 is 8.42 Å². The Bertz CT molecular complexity index is 524. The molecule has 0 aliphatic carbocycles. The third kappa shape index (κ3) is 5.36. The van der Waals surface area contributed by atoms with E-state index in [1.165, 1.54) is 11.3 Å². The van der Waals surface area contributed by atoms with Crippen LogP contribution < -0.4 is 5.32 Å². The number of thiophene rings is 1. The van der Waals surface area contributed by atoms with E-state index < -0.39 is 10.0 Å². The Hall–Kier alpha value is -0.430. The first-order valence-corrected chi connectivity index (χ1v) is 9.94. The molecular weight excluding hydrogens is 304 g/mol. The maximum absolute atomic E-state index is 12.7. The fourth-order valence-corrected chi connectivity index (χ4v) is 4.70. The molecule has 0 saturated heterocycles. The lowest BCUT2D eigenvalue weighted by molar-refractivity contribution is 0.361. The van der Waals surface area contributed by atoms with Crippen LogP contribution in [0.15, 0.2) is 16.3 Å². The fraction of sp³-hybridized carbons (Fsp3) is 0.733. The van der Waals surface area contributed by atoms with Crippen LogP contribution in [0.4, 0.5) is 0 Å². The number of nitrogens with zero attached hydrogens (tertiary/aromatic N) is 1. The minimum absolute atomic E-state index is 0.375. The number of hydrogen-bond donors (Lipinski definition) is 1. The Labute approximate surface area is 133 Å². The van der Waals surface area contributed by atoms with Gasteiger partial charge in [-0.3, -0.25) is 0 Å². The normalized spacial score (nSPS) is 14.0.